The largest absolute Gasteiger partial charge is 0.480 e. The minimum absolute atomic E-state index is 0.0656. The number of benzene rings is 2. The summed E-state index contributed by atoms with van der Waals surface area (Å²) in [5.41, 5.74) is 0.466. The van der Waals surface area contributed by atoms with Crippen molar-refractivity contribution >= 4 is 39.5 Å². The molecule has 6 heteroatoms. The number of amides is 1. The van der Waals surface area contributed by atoms with Crippen LogP contribution in [-0.2, 0) is 9.59 Å². The summed E-state index contributed by atoms with van der Waals surface area (Å²) in [6.07, 6.45) is 0.291. The molecule has 1 fully saturated rings. The zero-order valence-electron chi connectivity index (χ0n) is 13.1. The number of thioether (sulfide) groups is 1. The number of aliphatic carboxylic acids is 1. The predicted octanol–water partition coefficient (Wildman–Crippen LogP) is 2.79. The van der Waals surface area contributed by atoms with Gasteiger partial charge >= 0.3 is 5.97 Å². The Bertz CT molecular complexity index is 820. The molecule has 5 nitrogen and oxygen atoms in total. The highest BCUT2D eigenvalue weighted by Crippen LogP contribution is 2.30. The molecule has 0 spiro atoms. The Labute approximate surface area is 143 Å². The van der Waals surface area contributed by atoms with Crippen molar-refractivity contribution in [2.75, 3.05) is 6.54 Å². The molecule has 0 radical (unpaired) electrons. The maximum absolute atomic E-state index is 12.8. The van der Waals surface area contributed by atoms with E-state index in [2.05, 4.69) is 0 Å². The quantitative estimate of drug-likeness (QED) is 0.927. The van der Waals surface area contributed by atoms with E-state index in [1.54, 1.807) is 12.1 Å². The molecule has 0 saturated carbocycles. The van der Waals surface area contributed by atoms with Crippen LogP contribution in [0.15, 0.2) is 42.5 Å². The van der Waals surface area contributed by atoms with E-state index in [0.29, 0.717) is 12.0 Å². The zero-order valence-corrected chi connectivity index (χ0v) is 14.0. The third-order valence-corrected chi connectivity index (χ3v) is 5.14. The molecule has 1 aliphatic heterocycles. The molecule has 1 N–H and O–H groups in total. The van der Waals surface area contributed by atoms with Gasteiger partial charge in [-0.25, -0.2) is 4.79 Å². The highest BCUT2D eigenvalue weighted by molar-refractivity contribution is 8.14. The maximum Gasteiger partial charge on any atom is 0.326 e. The van der Waals surface area contributed by atoms with Crippen LogP contribution in [0.25, 0.3) is 10.8 Å². The fourth-order valence-electron chi connectivity index (χ4n) is 3.06. The molecule has 0 aliphatic carbocycles. The van der Waals surface area contributed by atoms with Crippen molar-refractivity contribution in [3.63, 3.8) is 0 Å². The summed E-state index contributed by atoms with van der Waals surface area (Å²) in [7, 11) is 0. The van der Waals surface area contributed by atoms with Gasteiger partial charge in [-0.1, -0.05) is 42.1 Å². The van der Waals surface area contributed by atoms with Gasteiger partial charge in [0.05, 0.1) is 0 Å². The fraction of sp³-hybridized carbons (Fsp3) is 0.278. The van der Waals surface area contributed by atoms with Crippen LogP contribution in [0, 0.1) is 0 Å². The lowest BCUT2D eigenvalue weighted by molar-refractivity contribution is -0.141. The van der Waals surface area contributed by atoms with Crippen LogP contribution in [0.1, 0.15) is 23.7 Å². The van der Waals surface area contributed by atoms with Gasteiger partial charge in [-0.15, -0.1) is 0 Å². The van der Waals surface area contributed by atoms with Crippen molar-refractivity contribution in [1.29, 1.82) is 0 Å². The van der Waals surface area contributed by atoms with Crippen molar-refractivity contribution < 1.29 is 19.5 Å². The van der Waals surface area contributed by atoms with Crippen molar-refractivity contribution in [3.8, 4) is 0 Å². The van der Waals surface area contributed by atoms with Crippen molar-refractivity contribution in [2.24, 2.45) is 0 Å². The smallest absolute Gasteiger partial charge is 0.326 e. The van der Waals surface area contributed by atoms with Crippen molar-refractivity contribution in [3.05, 3.63) is 48.0 Å². The summed E-state index contributed by atoms with van der Waals surface area (Å²) in [6, 6.07) is 12.2. The highest BCUT2D eigenvalue weighted by Gasteiger charge is 2.40. The van der Waals surface area contributed by atoms with Gasteiger partial charge in [0.25, 0.3) is 5.91 Å². The average Bonchev–Trinajstić information content (AvgIpc) is 2.97. The Balaban J connectivity index is 1.88. The monoisotopic (exact) mass is 343 g/mol. The molecule has 2 aromatic carbocycles. The molecule has 1 amide bonds. The summed E-state index contributed by atoms with van der Waals surface area (Å²) in [6.45, 7) is 1.72. The van der Waals surface area contributed by atoms with E-state index in [0.717, 1.165) is 22.5 Å². The minimum Gasteiger partial charge on any atom is -0.480 e. The van der Waals surface area contributed by atoms with Crippen LogP contribution in [-0.4, -0.2) is 44.8 Å². The predicted molar refractivity (Wildman–Crippen MR) is 93.1 cm³/mol. The number of hydrogen-bond acceptors (Lipinski definition) is 4. The number of carbonyl (C=O) groups excluding carboxylic acids is 2. The van der Waals surface area contributed by atoms with Crippen molar-refractivity contribution in [2.45, 2.75) is 24.6 Å². The van der Waals surface area contributed by atoms with Crippen LogP contribution in [0.2, 0.25) is 0 Å². The van der Waals surface area contributed by atoms with Crippen LogP contribution in [0.4, 0.5) is 0 Å². The number of nitrogens with zero attached hydrogens (tertiary/aromatic N) is 1. The first-order valence-corrected chi connectivity index (χ1v) is 8.53. The third kappa shape index (κ3) is 3.28. The minimum atomic E-state index is -1.03. The second-order valence-corrected chi connectivity index (χ2v) is 7.32. The first-order chi connectivity index (χ1) is 11.5. The van der Waals surface area contributed by atoms with E-state index < -0.39 is 12.0 Å². The molecule has 2 aromatic rings. The average molecular weight is 343 g/mol. The Morgan fingerprint density at radius 3 is 2.50 bits per heavy atom. The first-order valence-electron chi connectivity index (χ1n) is 7.65. The number of carboxylic acids is 1. The number of carbonyl (C=O) groups is 3. The molecule has 1 heterocycles. The van der Waals surface area contributed by atoms with E-state index in [-0.39, 0.29) is 22.8 Å². The Hall–Kier alpha value is -2.34. The second-order valence-electron chi connectivity index (χ2n) is 5.84. The molecule has 3 rings (SSSR count). The van der Waals surface area contributed by atoms with Gasteiger partial charge in [0, 0.05) is 24.3 Å². The molecular formula is C18H17NO4S. The lowest BCUT2D eigenvalue weighted by atomic mass is 10.1. The molecule has 1 saturated heterocycles. The maximum atomic E-state index is 12.8. The Morgan fingerprint density at radius 1 is 1.12 bits per heavy atom. The summed E-state index contributed by atoms with van der Waals surface area (Å²) in [5.74, 6) is -1.34. The van der Waals surface area contributed by atoms with E-state index >= 15 is 0 Å². The fourth-order valence-corrected chi connectivity index (χ4v) is 4.05. The Kier molecular flexibility index (Phi) is 4.57. The van der Waals surface area contributed by atoms with Gasteiger partial charge in [-0.3, -0.25) is 9.59 Å². The molecule has 2 unspecified atom stereocenters. The molecule has 0 bridgehead atoms. The van der Waals surface area contributed by atoms with Crippen molar-refractivity contribution in [1.82, 2.24) is 4.90 Å². The summed E-state index contributed by atoms with van der Waals surface area (Å²) in [4.78, 5) is 37.0. The van der Waals surface area contributed by atoms with Gasteiger partial charge < -0.3 is 10.0 Å². The molecular weight excluding hydrogens is 326 g/mol. The lowest BCUT2D eigenvalue weighted by Gasteiger charge is -2.21. The number of hydrogen-bond donors (Lipinski definition) is 1. The Morgan fingerprint density at radius 2 is 1.83 bits per heavy atom. The number of rotatable bonds is 3. The highest BCUT2D eigenvalue weighted by atomic mass is 32.2. The van der Waals surface area contributed by atoms with E-state index in [9.17, 15) is 19.5 Å². The van der Waals surface area contributed by atoms with Gasteiger partial charge in [0.2, 0.25) is 0 Å². The first kappa shape index (κ1) is 16.5. The molecule has 24 heavy (non-hydrogen) atoms. The number of carboxylic acid groups (broad SMARTS) is 1. The normalized spacial score (nSPS) is 20.3. The van der Waals surface area contributed by atoms with Gasteiger partial charge in [-0.2, -0.15) is 0 Å². The van der Waals surface area contributed by atoms with E-state index in [1.165, 1.54) is 11.8 Å². The lowest BCUT2D eigenvalue weighted by Crippen LogP contribution is -2.40. The summed E-state index contributed by atoms with van der Waals surface area (Å²) < 4.78 is 0. The molecule has 2 atom stereocenters. The number of likely N-dealkylation sites (tertiary alicyclic amines) is 1. The SMILES string of the molecule is CC(=O)SC1CC(C(=O)O)N(C(=O)c2ccc3ccccc3c2)C1. The summed E-state index contributed by atoms with van der Waals surface area (Å²) >= 11 is 1.11. The summed E-state index contributed by atoms with van der Waals surface area (Å²) in [5, 5.41) is 11.1. The van der Waals surface area contributed by atoms with Crippen LogP contribution in [0.3, 0.4) is 0 Å². The van der Waals surface area contributed by atoms with E-state index in [4.69, 9.17) is 0 Å². The van der Waals surface area contributed by atoms with Crippen LogP contribution < -0.4 is 0 Å². The van der Waals surface area contributed by atoms with E-state index in [1.807, 2.05) is 30.3 Å². The zero-order chi connectivity index (χ0) is 17.3. The van der Waals surface area contributed by atoms with Gasteiger partial charge in [-0.05, 0) is 29.3 Å². The molecule has 1 aliphatic rings. The molecule has 0 aromatic heterocycles. The third-order valence-electron chi connectivity index (χ3n) is 4.14. The van der Waals surface area contributed by atoms with Crippen LogP contribution in [0.5, 0.6) is 0 Å². The standard InChI is InChI=1S/C18H17NO4S/c1-11(20)24-15-9-16(18(22)23)19(10-15)17(21)14-7-6-12-4-2-3-5-13(12)8-14/h2-8,15-16H,9-10H2,1H3,(H,22,23). The molecule has 124 valence electrons. The van der Waals surface area contributed by atoms with Gasteiger partial charge in [0.1, 0.15) is 6.04 Å². The van der Waals surface area contributed by atoms with Gasteiger partial charge in [0.15, 0.2) is 5.12 Å². The van der Waals surface area contributed by atoms with Crippen LogP contribution >= 0.6 is 11.8 Å². The number of fused-ring (bicyclic) bond motifs is 1. The second kappa shape index (κ2) is 6.65. The topological polar surface area (TPSA) is 74.7 Å².